The number of aliphatic hydroxyl groups excluding tert-OH is 1. The lowest BCUT2D eigenvalue weighted by Gasteiger charge is -2.34. The molecule has 1 aromatic heterocycles. The molecule has 144 valence electrons. The minimum atomic E-state index is -0.0871. The maximum atomic E-state index is 12.5. The number of nitrogens with zero attached hydrogens (tertiary/aromatic N) is 2. The molecule has 0 radical (unpaired) electrons. The highest BCUT2D eigenvalue weighted by molar-refractivity contribution is 5.95. The Hall–Kier alpha value is -2.44. The Morgan fingerprint density at radius 2 is 2.19 bits per heavy atom. The first-order chi connectivity index (χ1) is 13.2. The molecule has 2 aromatic rings. The maximum Gasteiger partial charge on any atom is 0.251 e. The Kier molecular flexibility index (Phi) is 6.79. The van der Waals surface area contributed by atoms with E-state index in [2.05, 4.69) is 15.2 Å². The summed E-state index contributed by atoms with van der Waals surface area (Å²) in [5, 5.41) is 12.5. The second-order valence-corrected chi connectivity index (χ2v) is 6.79. The number of piperidine rings is 1. The van der Waals surface area contributed by atoms with Gasteiger partial charge in [-0.3, -0.25) is 9.69 Å². The van der Waals surface area contributed by atoms with Gasteiger partial charge in [0.1, 0.15) is 0 Å². The first kappa shape index (κ1) is 19.3. The van der Waals surface area contributed by atoms with Crippen LogP contribution in [0.4, 0.5) is 0 Å². The topological polar surface area (TPSA) is 74.7 Å². The second-order valence-electron chi connectivity index (χ2n) is 6.79. The van der Waals surface area contributed by atoms with Gasteiger partial charge in [-0.2, -0.15) is 0 Å². The molecule has 1 fully saturated rings. The number of likely N-dealkylation sites (tertiary alicyclic amines) is 1. The van der Waals surface area contributed by atoms with Crippen LogP contribution in [0.5, 0.6) is 5.88 Å². The Labute approximate surface area is 160 Å². The largest absolute Gasteiger partial charge is 0.481 e. The number of carbonyl (C=O) groups excluding carboxylic acids is 1. The number of hydrogen-bond donors (Lipinski definition) is 2. The third-order valence-electron chi connectivity index (χ3n) is 5.05. The lowest BCUT2D eigenvalue weighted by Crippen LogP contribution is -2.45. The maximum absolute atomic E-state index is 12.5. The smallest absolute Gasteiger partial charge is 0.251 e. The molecule has 6 heteroatoms. The van der Waals surface area contributed by atoms with Crippen molar-refractivity contribution in [3.8, 4) is 17.0 Å². The SMILES string of the molecule is COc1ccc(-c2cccc(C(=O)NCCN3CCCC[C@H]3CO)c2)cn1. The van der Waals surface area contributed by atoms with Crippen molar-refractivity contribution in [2.24, 2.45) is 0 Å². The quantitative estimate of drug-likeness (QED) is 0.784. The van der Waals surface area contributed by atoms with Crippen molar-refractivity contribution >= 4 is 5.91 Å². The van der Waals surface area contributed by atoms with Crippen molar-refractivity contribution in [2.75, 3.05) is 33.4 Å². The average Bonchev–Trinajstić information content (AvgIpc) is 2.74. The van der Waals surface area contributed by atoms with Gasteiger partial charge < -0.3 is 15.2 Å². The van der Waals surface area contributed by atoms with E-state index in [4.69, 9.17) is 4.74 Å². The van der Waals surface area contributed by atoms with Gasteiger partial charge in [0.05, 0.1) is 13.7 Å². The average molecular weight is 369 g/mol. The minimum absolute atomic E-state index is 0.0871. The Morgan fingerprint density at radius 1 is 1.30 bits per heavy atom. The van der Waals surface area contributed by atoms with Crippen LogP contribution in [0.1, 0.15) is 29.6 Å². The van der Waals surface area contributed by atoms with Gasteiger partial charge in [-0.15, -0.1) is 0 Å². The van der Waals surface area contributed by atoms with Crippen LogP contribution in [0.15, 0.2) is 42.6 Å². The molecule has 1 aromatic carbocycles. The number of nitrogens with one attached hydrogen (secondary N) is 1. The molecule has 2 N–H and O–H groups in total. The van der Waals surface area contributed by atoms with Gasteiger partial charge in [-0.1, -0.05) is 18.6 Å². The number of amides is 1. The molecule has 1 aliphatic rings. The van der Waals surface area contributed by atoms with E-state index < -0.39 is 0 Å². The van der Waals surface area contributed by atoms with Crippen molar-refractivity contribution in [2.45, 2.75) is 25.3 Å². The fourth-order valence-electron chi connectivity index (χ4n) is 3.49. The molecule has 27 heavy (non-hydrogen) atoms. The second kappa shape index (κ2) is 9.48. The van der Waals surface area contributed by atoms with E-state index in [0.717, 1.165) is 37.1 Å². The molecule has 1 amide bonds. The molecule has 0 unspecified atom stereocenters. The summed E-state index contributed by atoms with van der Waals surface area (Å²) in [6, 6.07) is 11.5. The van der Waals surface area contributed by atoms with E-state index in [9.17, 15) is 9.90 Å². The number of rotatable bonds is 7. The van der Waals surface area contributed by atoms with Gasteiger partial charge in [-0.25, -0.2) is 4.98 Å². The zero-order chi connectivity index (χ0) is 19.1. The van der Waals surface area contributed by atoms with Crippen molar-refractivity contribution in [1.82, 2.24) is 15.2 Å². The van der Waals surface area contributed by atoms with E-state index in [1.165, 1.54) is 6.42 Å². The molecule has 0 aliphatic carbocycles. The summed E-state index contributed by atoms with van der Waals surface area (Å²) in [5.74, 6) is 0.474. The molecular formula is C21H27N3O3. The molecule has 1 saturated heterocycles. The highest BCUT2D eigenvalue weighted by Gasteiger charge is 2.21. The number of aromatic nitrogens is 1. The number of hydrogen-bond acceptors (Lipinski definition) is 5. The van der Waals surface area contributed by atoms with E-state index in [-0.39, 0.29) is 18.6 Å². The summed E-state index contributed by atoms with van der Waals surface area (Å²) in [4.78, 5) is 19.0. The van der Waals surface area contributed by atoms with Gasteiger partial charge >= 0.3 is 0 Å². The fraction of sp³-hybridized carbons (Fsp3) is 0.429. The van der Waals surface area contributed by atoms with Crippen molar-refractivity contribution in [1.29, 1.82) is 0 Å². The van der Waals surface area contributed by atoms with Crippen LogP contribution >= 0.6 is 0 Å². The van der Waals surface area contributed by atoms with Crippen LogP contribution < -0.4 is 10.1 Å². The normalized spacial score (nSPS) is 17.5. The monoisotopic (exact) mass is 369 g/mol. The summed E-state index contributed by atoms with van der Waals surface area (Å²) in [7, 11) is 1.58. The van der Waals surface area contributed by atoms with Gasteiger partial charge in [0, 0.05) is 42.5 Å². The predicted molar refractivity (Wildman–Crippen MR) is 105 cm³/mol. The number of methoxy groups -OCH3 is 1. The lowest BCUT2D eigenvalue weighted by atomic mass is 10.0. The van der Waals surface area contributed by atoms with Crippen LogP contribution in [-0.2, 0) is 0 Å². The Bertz CT molecular complexity index is 749. The first-order valence-corrected chi connectivity index (χ1v) is 9.45. The summed E-state index contributed by atoms with van der Waals surface area (Å²) in [6.07, 6.45) is 5.09. The molecule has 0 bridgehead atoms. The predicted octanol–water partition coefficient (Wildman–Crippen LogP) is 2.33. The zero-order valence-corrected chi connectivity index (χ0v) is 15.7. The van der Waals surface area contributed by atoms with E-state index >= 15 is 0 Å². The van der Waals surface area contributed by atoms with Crippen LogP contribution in [0.25, 0.3) is 11.1 Å². The summed E-state index contributed by atoms with van der Waals surface area (Å²) in [6.45, 7) is 2.51. The number of aliphatic hydroxyl groups is 1. The van der Waals surface area contributed by atoms with Crippen molar-refractivity contribution in [3.63, 3.8) is 0 Å². The van der Waals surface area contributed by atoms with E-state index in [0.29, 0.717) is 18.0 Å². The third-order valence-corrected chi connectivity index (χ3v) is 5.05. The fourth-order valence-corrected chi connectivity index (χ4v) is 3.49. The summed E-state index contributed by atoms with van der Waals surface area (Å²) >= 11 is 0. The van der Waals surface area contributed by atoms with Gasteiger partial charge in [0.2, 0.25) is 5.88 Å². The van der Waals surface area contributed by atoms with Crippen LogP contribution in [-0.4, -0.2) is 60.3 Å². The minimum Gasteiger partial charge on any atom is -0.481 e. The lowest BCUT2D eigenvalue weighted by molar-refractivity contribution is 0.0849. The standard InChI is InChI=1S/C21H27N3O3/c1-27-20-9-8-18(14-23-20)16-5-4-6-17(13-16)21(26)22-10-12-24-11-3-2-7-19(24)15-25/h4-6,8-9,13-14,19,25H,2-3,7,10-12,15H2,1H3,(H,22,26)/t19-/m0/s1. The van der Waals surface area contributed by atoms with Crippen LogP contribution in [0.2, 0.25) is 0 Å². The van der Waals surface area contributed by atoms with E-state index in [1.54, 1.807) is 19.4 Å². The molecular weight excluding hydrogens is 342 g/mol. The Balaban J connectivity index is 1.58. The summed E-state index contributed by atoms with van der Waals surface area (Å²) < 4.78 is 5.08. The van der Waals surface area contributed by atoms with Gasteiger partial charge in [0.25, 0.3) is 5.91 Å². The van der Waals surface area contributed by atoms with Gasteiger partial charge in [-0.05, 0) is 43.1 Å². The van der Waals surface area contributed by atoms with E-state index in [1.807, 2.05) is 30.3 Å². The highest BCUT2D eigenvalue weighted by Crippen LogP contribution is 2.21. The summed E-state index contributed by atoms with van der Waals surface area (Å²) in [5.41, 5.74) is 2.50. The number of ether oxygens (including phenoxy) is 1. The number of pyridine rings is 1. The van der Waals surface area contributed by atoms with Crippen LogP contribution in [0.3, 0.4) is 0 Å². The Morgan fingerprint density at radius 3 is 2.93 bits per heavy atom. The van der Waals surface area contributed by atoms with Gasteiger partial charge in [0.15, 0.2) is 0 Å². The zero-order valence-electron chi connectivity index (χ0n) is 15.7. The highest BCUT2D eigenvalue weighted by atomic mass is 16.5. The molecule has 2 heterocycles. The van der Waals surface area contributed by atoms with Crippen molar-refractivity contribution in [3.05, 3.63) is 48.2 Å². The molecule has 3 rings (SSSR count). The third kappa shape index (κ3) is 5.05. The molecule has 0 saturated carbocycles. The van der Waals surface area contributed by atoms with Crippen molar-refractivity contribution < 1.29 is 14.6 Å². The number of benzene rings is 1. The van der Waals surface area contributed by atoms with Crippen LogP contribution in [0, 0.1) is 0 Å². The first-order valence-electron chi connectivity index (χ1n) is 9.45. The molecule has 6 nitrogen and oxygen atoms in total. The molecule has 1 aliphatic heterocycles. The molecule has 0 spiro atoms. The molecule has 1 atom stereocenters. The number of carbonyl (C=O) groups is 1.